The van der Waals surface area contributed by atoms with Gasteiger partial charge in [0.05, 0.1) is 23.3 Å². The van der Waals surface area contributed by atoms with Gasteiger partial charge >= 0.3 is 5.97 Å². The highest BCUT2D eigenvalue weighted by molar-refractivity contribution is 7.92. The Kier molecular flexibility index (Phi) is 8.13. The smallest absolute Gasteiger partial charge is 0.338 e. The zero-order valence-corrected chi connectivity index (χ0v) is 23.3. The quantitative estimate of drug-likeness (QED) is 0.197. The van der Waals surface area contributed by atoms with Crippen LogP contribution in [0.1, 0.15) is 39.0 Å². The monoisotopic (exact) mass is 566 g/mol. The molecular formula is C29H27ClN2O6S. The van der Waals surface area contributed by atoms with Gasteiger partial charge in [0.15, 0.2) is 6.10 Å². The SMILES string of the molecule is COc1ccc(Cl)cc1NS(=O)(=O)c1cccc(C(=O)O[C@H](C)C(=O)c2cc(C)n(-c3ccccc3)c2C)c1. The number of Topliss-reactive ketones (excluding diaryl/α,β-unsaturated/α-hetero) is 1. The molecule has 0 aliphatic carbocycles. The van der Waals surface area contributed by atoms with E-state index in [9.17, 15) is 18.0 Å². The third-order valence-corrected chi connectivity index (χ3v) is 7.75. The summed E-state index contributed by atoms with van der Waals surface area (Å²) in [5, 5.41) is 0.314. The minimum atomic E-state index is -4.11. The fraction of sp³-hybridized carbons (Fsp3) is 0.172. The van der Waals surface area contributed by atoms with Crippen LogP contribution in [0.5, 0.6) is 5.75 Å². The summed E-state index contributed by atoms with van der Waals surface area (Å²) < 4.78 is 41.1. The number of sulfonamides is 1. The molecule has 0 unspecified atom stereocenters. The van der Waals surface area contributed by atoms with E-state index in [0.717, 1.165) is 17.1 Å². The second-order valence-electron chi connectivity index (χ2n) is 8.85. The van der Waals surface area contributed by atoms with E-state index in [1.807, 2.05) is 48.7 Å². The highest BCUT2D eigenvalue weighted by atomic mass is 35.5. The van der Waals surface area contributed by atoms with E-state index in [0.29, 0.717) is 10.6 Å². The van der Waals surface area contributed by atoms with Crippen molar-refractivity contribution < 1.29 is 27.5 Å². The molecule has 4 rings (SSSR count). The predicted molar refractivity (Wildman–Crippen MR) is 150 cm³/mol. The van der Waals surface area contributed by atoms with Gasteiger partial charge in [0.25, 0.3) is 10.0 Å². The number of halogens is 1. The van der Waals surface area contributed by atoms with Crippen molar-refractivity contribution in [3.8, 4) is 11.4 Å². The number of anilines is 1. The van der Waals surface area contributed by atoms with Crippen molar-refractivity contribution in [2.75, 3.05) is 11.8 Å². The average Bonchev–Trinajstić information content (AvgIpc) is 3.22. The summed E-state index contributed by atoms with van der Waals surface area (Å²) in [5.41, 5.74) is 3.06. The number of methoxy groups -OCH3 is 1. The normalized spacial score (nSPS) is 12.0. The molecule has 1 aromatic heterocycles. The zero-order chi connectivity index (χ0) is 28.3. The summed E-state index contributed by atoms with van der Waals surface area (Å²) >= 11 is 6.00. The fourth-order valence-corrected chi connectivity index (χ4v) is 5.52. The molecule has 8 nitrogen and oxygen atoms in total. The molecule has 3 aromatic carbocycles. The molecule has 39 heavy (non-hydrogen) atoms. The Morgan fingerprint density at radius 3 is 2.36 bits per heavy atom. The lowest BCUT2D eigenvalue weighted by atomic mass is 10.1. The van der Waals surface area contributed by atoms with Crippen molar-refractivity contribution >= 4 is 39.1 Å². The fourth-order valence-electron chi connectivity index (χ4n) is 4.24. The van der Waals surface area contributed by atoms with Crippen LogP contribution in [0.15, 0.2) is 83.8 Å². The van der Waals surface area contributed by atoms with E-state index in [2.05, 4.69) is 4.72 Å². The number of nitrogens with one attached hydrogen (secondary N) is 1. The molecule has 1 N–H and O–H groups in total. The van der Waals surface area contributed by atoms with E-state index in [1.165, 1.54) is 50.4 Å². The first-order valence-corrected chi connectivity index (χ1v) is 13.8. The summed E-state index contributed by atoms with van der Waals surface area (Å²) in [5.74, 6) is -0.917. The minimum absolute atomic E-state index is 0.0228. The van der Waals surface area contributed by atoms with Gasteiger partial charge in [-0.25, -0.2) is 13.2 Å². The highest BCUT2D eigenvalue weighted by Crippen LogP contribution is 2.30. The average molecular weight is 567 g/mol. The van der Waals surface area contributed by atoms with Crippen LogP contribution in [-0.2, 0) is 14.8 Å². The van der Waals surface area contributed by atoms with Gasteiger partial charge in [-0.15, -0.1) is 0 Å². The number of nitrogens with zero attached hydrogens (tertiary/aromatic N) is 1. The van der Waals surface area contributed by atoms with Gasteiger partial charge < -0.3 is 14.0 Å². The zero-order valence-electron chi connectivity index (χ0n) is 21.8. The van der Waals surface area contributed by atoms with Gasteiger partial charge in [-0.3, -0.25) is 9.52 Å². The third-order valence-electron chi connectivity index (χ3n) is 6.15. The number of hydrogen-bond donors (Lipinski definition) is 1. The first-order valence-electron chi connectivity index (χ1n) is 12.0. The second-order valence-corrected chi connectivity index (χ2v) is 11.0. The maximum absolute atomic E-state index is 13.2. The maximum Gasteiger partial charge on any atom is 0.338 e. The molecule has 0 saturated carbocycles. The van der Waals surface area contributed by atoms with E-state index >= 15 is 0 Å². The van der Waals surface area contributed by atoms with E-state index in [1.54, 1.807) is 12.1 Å². The number of rotatable bonds is 9. The lowest BCUT2D eigenvalue weighted by Gasteiger charge is -2.14. The first kappa shape index (κ1) is 27.9. The van der Waals surface area contributed by atoms with Crippen molar-refractivity contribution in [1.82, 2.24) is 4.57 Å². The summed E-state index contributed by atoms with van der Waals surface area (Å²) in [6.07, 6.45) is -1.10. The molecule has 0 spiro atoms. The second kappa shape index (κ2) is 11.3. The molecule has 0 fully saturated rings. The predicted octanol–water partition coefficient (Wildman–Crippen LogP) is 5.99. The van der Waals surface area contributed by atoms with Crippen LogP contribution in [0.4, 0.5) is 5.69 Å². The van der Waals surface area contributed by atoms with Crippen LogP contribution in [0.25, 0.3) is 5.69 Å². The lowest BCUT2D eigenvalue weighted by molar-refractivity contribution is 0.0318. The van der Waals surface area contributed by atoms with Crippen LogP contribution in [0.2, 0.25) is 5.02 Å². The van der Waals surface area contributed by atoms with Gasteiger partial charge in [0.1, 0.15) is 5.75 Å². The van der Waals surface area contributed by atoms with Gasteiger partial charge in [-0.05, 0) is 75.4 Å². The summed E-state index contributed by atoms with van der Waals surface area (Å²) in [4.78, 5) is 26.0. The molecular weight excluding hydrogens is 540 g/mol. The molecule has 0 bridgehead atoms. The molecule has 4 aromatic rings. The first-order chi connectivity index (χ1) is 18.5. The van der Waals surface area contributed by atoms with Crippen molar-refractivity contribution in [3.05, 3.63) is 106 Å². The summed E-state index contributed by atoms with van der Waals surface area (Å²) in [6.45, 7) is 5.22. The van der Waals surface area contributed by atoms with Crippen molar-refractivity contribution in [3.63, 3.8) is 0 Å². The summed E-state index contributed by atoms with van der Waals surface area (Å²) in [7, 11) is -2.70. The topological polar surface area (TPSA) is 104 Å². The molecule has 0 aliphatic heterocycles. The van der Waals surface area contributed by atoms with Gasteiger partial charge in [-0.1, -0.05) is 35.9 Å². The van der Waals surface area contributed by atoms with E-state index in [-0.39, 0.29) is 27.7 Å². The van der Waals surface area contributed by atoms with Crippen LogP contribution < -0.4 is 9.46 Å². The molecule has 0 radical (unpaired) electrons. The Balaban J connectivity index is 1.52. The van der Waals surface area contributed by atoms with Gasteiger partial charge in [-0.2, -0.15) is 0 Å². The Morgan fingerprint density at radius 2 is 1.67 bits per heavy atom. The van der Waals surface area contributed by atoms with E-state index in [4.69, 9.17) is 21.1 Å². The number of benzene rings is 3. The van der Waals surface area contributed by atoms with Crippen LogP contribution in [0, 0.1) is 13.8 Å². The maximum atomic E-state index is 13.2. The number of carbonyl (C=O) groups excluding carboxylic acids is 2. The molecule has 202 valence electrons. The molecule has 1 heterocycles. The Hall–Kier alpha value is -4.08. The van der Waals surface area contributed by atoms with Crippen molar-refractivity contribution in [2.45, 2.75) is 31.8 Å². The number of ketones is 1. The largest absolute Gasteiger partial charge is 0.495 e. The minimum Gasteiger partial charge on any atom is -0.495 e. The standard InChI is InChI=1S/C29H27ClN2O6S/c1-18-15-25(19(2)32(18)23-10-6-5-7-11-23)28(33)20(3)38-29(34)21-9-8-12-24(16-21)39(35,36)31-26-17-22(30)13-14-27(26)37-4/h5-17,20,31H,1-4H3/t20-/m1/s1. The van der Waals surface area contributed by atoms with Crippen LogP contribution in [0.3, 0.4) is 0 Å². The molecule has 0 saturated heterocycles. The number of aromatic nitrogens is 1. The third kappa shape index (κ3) is 6.00. The molecule has 0 amide bonds. The van der Waals surface area contributed by atoms with Crippen molar-refractivity contribution in [1.29, 1.82) is 0 Å². The number of para-hydroxylation sites is 1. The Morgan fingerprint density at radius 1 is 0.949 bits per heavy atom. The molecule has 1 atom stereocenters. The van der Waals surface area contributed by atoms with Crippen molar-refractivity contribution in [2.24, 2.45) is 0 Å². The van der Waals surface area contributed by atoms with E-state index < -0.39 is 22.1 Å². The number of carbonyl (C=O) groups is 2. The van der Waals surface area contributed by atoms with Gasteiger partial charge in [0.2, 0.25) is 5.78 Å². The Bertz CT molecular complexity index is 1650. The van der Waals surface area contributed by atoms with Crippen LogP contribution >= 0.6 is 11.6 Å². The highest BCUT2D eigenvalue weighted by Gasteiger charge is 2.26. The van der Waals surface area contributed by atoms with Gasteiger partial charge in [0, 0.05) is 27.7 Å². The Labute approximate surface area is 232 Å². The number of esters is 1. The number of hydrogen-bond acceptors (Lipinski definition) is 6. The number of aryl methyl sites for hydroxylation is 1. The number of ether oxygens (including phenoxy) is 2. The molecule has 0 aliphatic rings. The lowest BCUT2D eigenvalue weighted by Crippen LogP contribution is -2.25. The molecule has 10 heteroatoms. The van der Waals surface area contributed by atoms with Crippen LogP contribution in [-0.4, -0.2) is 38.0 Å². The summed E-state index contributed by atoms with van der Waals surface area (Å²) in [6, 6.07) is 21.2.